The van der Waals surface area contributed by atoms with Crippen molar-refractivity contribution in [2.75, 3.05) is 19.1 Å². The Bertz CT molecular complexity index is 1400. The molecule has 2 aromatic carbocycles. The number of anilines is 1. The molecule has 9 nitrogen and oxygen atoms in total. The Morgan fingerprint density at radius 3 is 2.58 bits per heavy atom. The van der Waals surface area contributed by atoms with Gasteiger partial charge in [0.15, 0.2) is 11.5 Å². The van der Waals surface area contributed by atoms with Gasteiger partial charge in [0.1, 0.15) is 18.1 Å². The zero-order valence-corrected chi connectivity index (χ0v) is 22.3. The van der Waals surface area contributed by atoms with Gasteiger partial charge in [0, 0.05) is 22.7 Å². The van der Waals surface area contributed by atoms with E-state index in [4.69, 9.17) is 9.47 Å². The van der Waals surface area contributed by atoms with E-state index in [0.29, 0.717) is 22.7 Å². The van der Waals surface area contributed by atoms with Crippen LogP contribution in [-0.4, -0.2) is 47.1 Å². The van der Waals surface area contributed by atoms with E-state index in [1.165, 1.54) is 17.8 Å². The van der Waals surface area contributed by atoms with Crippen molar-refractivity contribution in [3.63, 3.8) is 0 Å². The average Bonchev–Trinajstić information content (AvgIpc) is 3.62. The van der Waals surface area contributed by atoms with Crippen LogP contribution >= 0.6 is 11.3 Å². The third-order valence-corrected chi connectivity index (χ3v) is 7.81. The molecule has 0 spiro atoms. The van der Waals surface area contributed by atoms with Crippen LogP contribution in [0.2, 0.25) is 0 Å². The van der Waals surface area contributed by atoms with Gasteiger partial charge in [-0.25, -0.2) is 4.68 Å². The summed E-state index contributed by atoms with van der Waals surface area (Å²) in [6, 6.07) is 15.7. The summed E-state index contributed by atoms with van der Waals surface area (Å²) in [5, 5.41) is 13.5. The molecule has 1 aliphatic rings. The maximum Gasteiger partial charge on any atom is 0.249 e. The van der Waals surface area contributed by atoms with Gasteiger partial charge in [0.25, 0.3) is 0 Å². The number of aromatic nitrogens is 3. The van der Waals surface area contributed by atoms with Gasteiger partial charge in [-0.1, -0.05) is 42.7 Å². The Morgan fingerprint density at radius 2 is 1.84 bits per heavy atom. The number of para-hydroxylation sites is 1. The summed E-state index contributed by atoms with van der Waals surface area (Å²) in [4.78, 5) is 30.4. The zero-order chi connectivity index (χ0) is 26.5. The summed E-state index contributed by atoms with van der Waals surface area (Å²) < 4.78 is 12.5. The quantitative estimate of drug-likeness (QED) is 0.334. The summed E-state index contributed by atoms with van der Waals surface area (Å²) in [6.07, 6.45) is 5.25. The Hall–Kier alpha value is -3.92. The fraction of sp³-hybridized carbons (Fsp3) is 0.357. The van der Waals surface area contributed by atoms with E-state index < -0.39 is 6.04 Å². The molecular formula is C28H31N5O4S. The largest absolute Gasteiger partial charge is 0.493 e. The summed E-state index contributed by atoms with van der Waals surface area (Å²) in [7, 11) is 3.10. The topological polar surface area (TPSA) is 98.6 Å². The van der Waals surface area contributed by atoms with Gasteiger partial charge in [-0.05, 0) is 48.6 Å². The predicted octanol–water partition coefficient (Wildman–Crippen LogP) is 4.73. The van der Waals surface area contributed by atoms with Crippen LogP contribution in [0.5, 0.6) is 11.5 Å². The molecule has 0 radical (unpaired) electrons. The minimum absolute atomic E-state index is 0.0898. The zero-order valence-electron chi connectivity index (χ0n) is 21.5. The molecule has 0 saturated heterocycles. The molecule has 2 heterocycles. The minimum Gasteiger partial charge on any atom is -0.493 e. The van der Waals surface area contributed by atoms with E-state index in [9.17, 15) is 9.59 Å². The van der Waals surface area contributed by atoms with Crippen LogP contribution in [0.1, 0.15) is 43.0 Å². The number of carbonyl (C=O) groups is 2. The van der Waals surface area contributed by atoms with Crippen molar-refractivity contribution in [2.45, 2.75) is 50.7 Å². The van der Waals surface area contributed by atoms with Gasteiger partial charge in [-0.3, -0.25) is 14.5 Å². The highest BCUT2D eigenvalue weighted by Gasteiger charge is 2.35. The number of amides is 2. The first-order chi connectivity index (χ1) is 18.6. The van der Waals surface area contributed by atoms with Gasteiger partial charge < -0.3 is 14.8 Å². The molecule has 5 rings (SSSR count). The molecule has 1 aliphatic carbocycles. The number of fused-ring (bicyclic) bond motifs is 1. The third-order valence-electron chi connectivity index (χ3n) is 6.89. The molecule has 2 amide bonds. The van der Waals surface area contributed by atoms with Crippen molar-refractivity contribution in [3.05, 3.63) is 64.9 Å². The van der Waals surface area contributed by atoms with Crippen LogP contribution in [0.25, 0.3) is 11.0 Å². The predicted molar refractivity (Wildman–Crippen MR) is 147 cm³/mol. The molecule has 10 heteroatoms. The average molecular weight is 534 g/mol. The molecule has 0 bridgehead atoms. The van der Waals surface area contributed by atoms with Crippen molar-refractivity contribution >= 4 is 39.9 Å². The Balaban J connectivity index is 1.56. The van der Waals surface area contributed by atoms with Gasteiger partial charge in [-0.15, -0.1) is 16.4 Å². The Morgan fingerprint density at radius 1 is 1.05 bits per heavy atom. The molecule has 198 valence electrons. The summed E-state index contributed by atoms with van der Waals surface area (Å²) in [5.74, 6) is 0.493. The molecule has 1 N–H and O–H groups in total. The summed E-state index contributed by atoms with van der Waals surface area (Å²) >= 11 is 1.44. The lowest BCUT2D eigenvalue weighted by Gasteiger charge is -2.33. The van der Waals surface area contributed by atoms with Gasteiger partial charge >= 0.3 is 0 Å². The molecule has 1 atom stereocenters. The number of nitrogens with zero attached hydrogens (tertiary/aromatic N) is 4. The monoisotopic (exact) mass is 533 g/mol. The molecular weight excluding hydrogens is 502 g/mol. The molecule has 0 aliphatic heterocycles. The lowest BCUT2D eigenvalue weighted by Crippen LogP contribution is -2.48. The first kappa shape index (κ1) is 25.7. The minimum atomic E-state index is -0.864. The molecule has 2 aromatic heterocycles. The number of thiophene rings is 1. The van der Waals surface area contributed by atoms with Crippen molar-refractivity contribution < 1.29 is 19.1 Å². The molecule has 38 heavy (non-hydrogen) atoms. The number of benzene rings is 2. The van der Waals surface area contributed by atoms with Crippen LogP contribution in [0, 0.1) is 0 Å². The van der Waals surface area contributed by atoms with E-state index in [-0.39, 0.29) is 24.4 Å². The van der Waals surface area contributed by atoms with E-state index in [1.807, 2.05) is 41.8 Å². The number of rotatable bonds is 9. The smallest absolute Gasteiger partial charge is 0.249 e. The van der Waals surface area contributed by atoms with Gasteiger partial charge in [-0.2, -0.15) is 0 Å². The third kappa shape index (κ3) is 5.35. The van der Waals surface area contributed by atoms with Crippen LogP contribution < -0.4 is 19.7 Å². The van der Waals surface area contributed by atoms with E-state index in [2.05, 4.69) is 15.6 Å². The number of carbonyl (C=O) groups excluding carboxylic acids is 2. The van der Waals surface area contributed by atoms with E-state index in [0.717, 1.165) is 36.1 Å². The second-order valence-corrected chi connectivity index (χ2v) is 10.3. The second-order valence-electron chi connectivity index (χ2n) is 9.30. The summed E-state index contributed by atoms with van der Waals surface area (Å²) in [6.45, 7) is -0.0898. The van der Waals surface area contributed by atoms with Crippen molar-refractivity contribution in [2.24, 2.45) is 0 Å². The Kier molecular flexibility index (Phi) is 7.88. The van der Waals surface area contributed by atoms with Crippen molar-refractivity contribution in [1.82, 2.24) is 20.3 Å². The maximum absolute atomic E-state index is 14.1. The SMILES string of the molecule is COc1ccc(N(C(=O)Cn2nnc3ccccc32)[C@H](C(=O)NC2CCCCC2)c2cccs2)cc1OC. The molecule has 1 fully saturated rings. The summed E-state index contributed by atoms with van der Waals surface area (Å²) in [5.41, 5.74) is 1.96. The number of methoxy groups -OCH3 is 2. The Labute approximate surface area is 225 Å². The first-order valence-electron chi connectivity index (χ1n) is 12.7. The standard InChI is InChI=1S/C28H31N5O4S/c1-36-23-15-14-20(17-24(23)37-2)33(26(34)18-32-22-12-7-6-11-21(22)30-31-32)27(25-13-8-16-38-25)28(35)29-19-9-4-3-5-10-19/h6-8,11-17,19,27H,3-5,9-10,18H2,1-2H3,(H,29,35)/t27-/m0/s1. The fourth-order valence-electron chi connectivity index (χ4n) is 5.00. The number of hydrogen-bond acceptors (Lipinski definition) is 7. The van der Waals surface area contributed by atoms with Gasteiger partial charge in [0.05, 0.1) is 19.7 Å². The number of hydrogen-bond donors (Lipinski definition) is 1. The molecule has 1 saturated carbocycles. The van der Waals surface area contributed by atoms with Crippen LogP contribution in [0.15, 0.2) is 60.0 Å². The van der Waals surface area contributed by atoms with Crippen molar-refractivity contribution in [3.8, 4) is 11.5 Å². The van der Waals surface area contributed by atoms with Gasteiger partial charge in [0.2, 0.25) is 11.8 Å². The number of nitrogens with one attached hydrogen (secondary N) is 1. The lowest BCUT2D eigenvalue weighted by molar-refractivity contribution is -0.127. The fourth-order valence-corrected chi connectivity index (χ4v) is 5.81. The molecule has 0 unspecified atom stereocenters. The first-order valence-corrected chi connectivity index (χ1v) is 13.6. The highest BCUT2D eigenvalue weighted by atomic mass is 32.1. The van der Waals surface area contributed by atoms with Crippen LogP contribution in [-0.2, 0) is 16.1 Å². The highest BCUT2D eigenvalue weighted by molar-refractivity contribution is 7.10. The van der Waals surface area contributed by atoms with Crippen LogP contribution in [0.3, 0.4) is 0 Å². The molecule has 4 aromatic rings. The maximum atomic E-state index is 14.1. The normalized spacial score (nSPS) is 14.7. The van der Waals surface area contributed by atoms with Crippen LogP contribution in [0.4, 0.5) is 5.69 Å². The second kappa shape index (κ2) is 11.6. The lowest BCUT2D eigenvalue weighted by atomic mass is 9.95. The highest BCUT2D eigenvalue weighted by Crippen LogP contribution is 2.37. The van der Waals surface area contributed by atoms with Crippen molar-refractivity contribution in [1.29, 1.82) is 0 Å². The van der Waals surface area contributed by atoms with E-state index >= 15 is 0 Å². The van der Waals surface area contributed by atoms with E-state index in [1.54, 1.807) is 42.0 Å². The number of ether oxygens (including phenoxy) is 2.